The van der Waals surface area contributed by atoms with Crippen LogP contribution in [-0.2, 0) is 6.42 Å². The second-order valence-corrected chi connectivity index (χ2v) is 5.92. The normalized spacial score (nSPS) is 24.6. The third-order valence-corrected chi connectivity index (χ3v) is 4.44. The molecule has 1 heterocycles. The first-order valence-corrected chi connectivity index (χ1v) is 7.19. The molecule has 0 aliphatic heterocycles. The van der Waals surface area contributed by atoms with Crippen LogP contribution in [0.3, 0.4) is 0 Å². The Balaban J connectivity index is 1.68. The first-order valence-electron chi connectivity index (χ1n) is 7.19. The van der Waals surface area contributed by atoms with Crippen LogP contribution in [0.5, 0.6) is 0 Å². The van der Waals surface area contributed by atoms with Crippen LogP contribution in [0.1, 0.15) is 49.9 Å². The van der Waals surface area contributed by atoms with E-state index in [2.05, 4.69) is 17.2 Å². The number of aryl methyl sites for hydroxylation is 1. The van der Waals surface area contributed by atoms with Gasteiger partial charge in [-0.05, 0) is 56.0 Å². The molecule has 1 saturated carbocycles. The van der Waals surface area contributed by atoms with Crippen molar-refractivity contribution >= 4 is 0 Å². The molecule has 2 N–H and O–H groups in total. The summed E-state index contributed by atoms with van der Waals surface area (Å²) in [7, 11) is 0. The zero-order chi connectivity index (χ0) is 12.5. The zero-order valence-electron chi connectivity index (χ0n) is 11.0. The molecule has 2 unspecified atom stereocenters. The van der Waals surface area contributed by atoms with Gasteiger partial charge in [-0.3, -0.25) is 4.79 Å². The van der Waals surface area contributed by atoms with E-state index in [-0.39, 0.29) is 5.56 Å². The number of hydrogen-bond donors (Lipinski definition) is 2. The molecule has 18 heavy (non-hydrogen) atoms. The number of nitrogens with one attached hydrogen (secondary N) is 2. The first-order chi connectivity index (χ1) is 8.74. The van der Waals surface area contributed by atoms with E-state index in [4.69, 9.17) is 0 Å². The van der Waals surface area contributed by atoms with Crippen molar-refractivity contribution in [1.82, 2.24) is 10.3 Å². The summed E-state index contributed by atoms with van der Waals surface area (Å²) >= 11 is 0. The number of fused-ring (bicyclic) bond motifs is 1. The molecule has 0 amide bonds. The average molecular weight is 246 g/mol. The van der Waals surface area contributed by atoms with Crippen LogP contribution in [0.4, 0.5) is 0 Å². The van der Waals surface area contributed by atoms with Crippen molar-refractivity contribution in [3.8, 4) is 0 Å². The number of hydrogen-bond acceptors (Lipinski definition) is 2. The van der Waals surface area contributed by atoms with Gasteiger partial charge in [-0.15, -0.1) is 0 Å². The van der Waals surface area contributed by atoms with Crippen molar-refractivity contribution in [3.63, 3.8) is 0 Å². The lowest BCUT2D eigenvalue weighted by atomic mass is 9.91. The molecule has 1 aromatic heterocycles. The highest BCUT2D eigenvalue weighted by Crippen LogP contribution is 2.36. The molecule has 2 atom stereocenters. The molecular formula is C15H22N2O. The summed E-state index contributed by atoms with van der Waals surface area (Å²) in [6, 6.07) is 4.10. The summed E-state index contributed by atoms with van der Waals surface area (Å²) in [4.78, 5) is 14.3. The van der Waals surface area contributed by atoms with Gasteiger partial charge < -0.3 is 10.3 Å². The molecule has 0 saturated heterocycles. The summed E-state index contributed by atoms with van der Waals surface area (Å²) in [6.45, 7) is 3.45. The Labute approximate surface area is 108 Å². The lowest BCUT2D eigenvalue weighted by Crippen LogP contribution is -2.31. The van der Waals surface area contributed by atoms with Gasteiger partial charge in [0.15, 0.2) is 0 Å². The molecule has 0 aromatic carbocycles. The Bertz CT molecular complexity index is 476. The SMILES string of the molecule is CC(CNC1CCCc2[nH]c(=O)ccc21)C1CC1. The lowest BCUT2D eigenvalue weighted by molar-refractivity contribution is 0.389. The summed E-state index contributed by atoms with van der Waals surface area (Å²) in [6.07, 6.45) is 6.20. The maximum atomic E-state index is 11.3. The minimum atomic E-state index is 0.0285. The van der Waals surface area contributed by atoms with Gasteiger partial charge in [0.1, 0.15) is 0 Å². The highest BCUT2D eigenvalue weighted by atomic mass is 16.1. The highest BCUT2D eigenvalue weighted by molar-refractivity contribution is 5.26. The van der Waals surface area contributed by atoms with E-state index < -0.39 is 0 Å². The predicted molar refractivity (Wildman–Crippen MR) is 72.6 cm³/mol. The lowest BCUT2D eigenvalue weighted by Gasteiger charge is -2.27. The number of H-pyrrole nitrogens is 1. The van der Waals surface area contributed by atoms with E-state index >= 15 is 0 Å². The average Bonchev–Trinajstić information content (AvgIpc) is 3.19. The molecule has 98 valence electrons. The van der Waals surface area contributed by atoms with Crippen LogP contribution in [0.15, 0.2) is 16.9 Å². The van der Waals surface area contributed by atoms with Gasteiger partial charge in [0.05, 0.1) is 0 Å². The molecule has 0 spiro atoms. The Hall–Kier alpha value is -1.09. The van der Waals surface area contributed by atoms with Crippen molar-refractivity contribution in [1.29, 1.82) is 0 Å². The van der Waals surface area contributed by atoms with Gasteiger partial charge in [-0.25, -0.2) is 0 Å². The second kappa shape index (κ2) is 4.88. The van der Waals surface area contributed by atoms with Crippen LogP contribution < -0.4 is 10.9 Å². The minimum Gasteiger partial charge on any atom is -0.326 e. The summed E-state index contributed by atoms with van der Waals surface area (Å²) in [5.74, 6) is 1.74. The van der Waals surface area contributed by atoms with Crippen molar-refractivity contribution in [2.45, 2.75) is 45.1 Å². The number of rotatable bonds is 4. The quantitative estimate of drug-likeness (QED) is 0.856. The highest BCUT2D eigenvalue weighted by Gasteiger charge is 2.28. The van der Waals surface area contributed by atoms with Gasteiger partial charge >= 0.3 is 0 Å². The van der Waals surface area contributed by atoms with Crippen molar-refractivity contribution in [2.75, 3.05) is 6.54 Å². The van der Waals surface area contributed by atoms with Crippen LogP contribution >= 0.6 is 0 Å². The van der Waals surface area contributed by atoms with Crippen molar-refractivity contribution in [3.05, 3.63) is 33.7 Å². The molecule has 1 aromatic rings. The molecule has 3 heteroatoms. The largest absolute Gasteiger partial charge is 0.326 e. The number of aromatic nitrogens is 1. The van der Waals surface area contributed by atoms with Gasteiger partial charge in [-0.1, -0.05) is 13.0 Å². The summed E-state index contributed by atoms with van der Waals surface area (Å²) < 4.78 is 0. The van der Waals surface area contributed by atoms with Gasteiger partial charge in [0.25, 0.3) is 0 Å². The Morgan fingerprint density at radius 3 is 3.00 bits per heavy atom. The van der Waals surface area contributed by atoms with Gasteiger partial charge in [0.2, 0.25) is 5.56 Å². The fourth-order valence-corrected chi connectivity index (χ4v) is 3.07. The van der Waals surface area contributed by atoms with Crippen LogP contribution in [-0.4, -0.2) is 11.5 Å². The Morgan fingerprint density at radius 2 is 2.22 bits per heavy atom. The summed E-state index contributed by atoms with van der Waals surface area (Å²) in [5, 5.41) is 3.70. The van der Waals surface area contributed by atoms with E-state index in [1.807, 2.05) is 6.07 Å². The van der Waals surface area contributed by atoms with Crippen molar-refractivity contribution in [2.24, 2.45) is 11.8 Å². The smallest absolute Gasteiger partial charge is 0.248 e. The van der Waals surface area contributed by atoms with E-state index in [0.29, 0.717) is 6.04 Å². The van der Waals surface area contributed by atoms with Crippen LogP contribution in [0.2, 0.25) is 0 Å². The molecule has 0 bridgehead atoms. The van der Waals surface area contributed by atoms with Crippen LogP contribution in [0.25, 0.3) is 0 Å². The fraction of sp³-hybridized carbons (Fsp3) is 0.667. The maximum absolute atomic E-state index is 11.3. The van der Waals surface area contributed by atoms with Crippen LogP contribution in [0, 0.1) is 11.8 Å². The van der Waals surface area contributed by atoms with E-state index in [9.17, 15) is 4.79 Å². The predicted octanol–water partition coefficient (Wildman–Crippen LogP) is 2.39. The first kappa shape index (κ1) is 12.0. The number of pyridine rings is 1. The fourth-order valence-electron chi connectivity index (χ4n) is 3.07. The second-order valence-electron chi connectivity index (χ2n) is 5.92. The Morgan fingerprint density at radius 1 is 1.39 bits per heavy atom. The van der Waals surface area contributed by atoms with E-state index in [1.54, 1.807) is 6.07 Å². The molecule has 1 fully saturated rings. The monoisotopic (exact) mass is 246 g/mol. The van der Waals surface area contributed by atoms with E-state index in [0.717, 1.165) is 30.5 Å². The Kier molecular flexibility index (Phi) is 3.25. The standard InChI is InChI=1S/C15H22N2O/c1-10(11-5-6-11)9-16-13-3-2-4-14-12(13)7-8-15(18)17-14/h7-8,10-11,13,16H,2-6,9H2,1H3,(H,17,18). The number of aromatic amines is 1. The maximum Gasteiger partial charge on any atom is 0.248 e. The van der Waals surface area contributed by atoms with E-state index in [1.165, 1.54) is 31.2 Å². The zero-order valence-corrected chi connectivity index (χ0v) is 11.0. The van der Waals surface area contributed by atoms with Gasteiger partial charge in [-0.2, -0.15) is 0 Å². The topological polar surface area (TPSA) is 44.9 Å². The third-order valence-electron chi connectivity index (χ3n) is 4.44. The molecule has 3 nitrogen and oxygen atoms in total. The molecule has 2 aliphatic rings. The molecule has 2 aliphatic carbocycles. The third kappa shape index (κ3) is 2.51. The molecule has 0 radical (unpaired) electrons. The summed E-state index contributed by atoms with van der Waals surface area (Å²) in [5.41, 5.74) is 2.48. The van der Waals surface area contributed by atoms with Gasteiger partial charge in [0, 0.05) is 17.8 Å². The van der Waals surface area contributed by atoms with Crippen molar-refractivity contribution < 1.29 is 0 Å². The molecule has 3 rings (SSSR count). The minimum absolute atomic E-state index is 0.0285. The molecular weight excluding hydrogens is 224 g/mol.